The van der Waals surface area contributed by atoms with Crippen LogP contribution in [0.5, 0.6) is 0 Å². The molecule has 1 aliphatic rings. The monoisotopic (exact) mass is 186 g/mol. The Hall–Kier alpha value is -0.770. The Kier molecular flexibility index (Phi) is 3.54. The van der Waals surface area contributed by atoms with E-state index in [0.29, 0.717) is 12.0 Å². The molecule has 0 aromatic carbocycles. The van der Waals surface area contributed by atoms with E-state index >= 15 is 0 Å². The molecule has 0 spiro atoms. The summed E-state index contributed by atoms with van der Waals surface area (Å²) in [6, 6.07) is 0.467. The molecular formula is C9H18N2O2. The molecular weight excluding hydrogens is 168 g/mol. The van der Waals surface area contributed by atoms with E-state index in [2.05, 4.69) is 17.0 Å². The van der Waals surface area contributed by atoms with Gasteiger partial charge < -0.3 is 15.0 Å². The zero-order chi connectivity index (χ0) is 9.84. The highest BCUT2D eigenvalue weighted by Crippen LogP contribution is 2.19. The normalized spacial score (nSPS) is 24.5. The van der Waals surface area contributed by atoms with Crippen LogP contribution >= 0.6 is 0 Å². The molecule has 2 atom stereocenters. The van der Waals surface area contributed by atoms with E-state index in [1.54, 1.807) is 4.90 Å². The molecule has 0 aromatic heterocycles. The summed E-state index contributed by atoms with van der Waals surface area (Å²) >= 11 is 0. The second kappa shape index (κ2) is 4.46. The molecule has 4 nitrogen and oxygen atoms in total. The van der Waals surface area contributed by atoms with Gasteiger partial charge in [-0.15, -0.1) is 0 Å². The zero-order valence-electron chi connectivity index (χ0n) is 8.54. The summed E-state index contributed by atoms with van der Waals surface area (Å²) < 4.78 is 4.66. The van der Waals surface area contributed by atoms with Gasteiger partial charge in [0.1, 0.15) is 0 Å². The number of nitrogens with one attached hydrogen (secondary N) is 1. The number of ether oxygens (including phenoxy) is 1. The van der Waals surface area contributed by atoms with Crippen molar-refractivity contribution in [1.82, 2.24) is 10.2 Å². The summed E-state index contributed by atoms with van der Waals surface area (Å²) in [5.74, 6) is 0.559. The van der Waals surface area contributed by atoms with Gasteiger partial charge in [0.2, 0.25) is 0 Å². The van der Waals surface area contributed by atoms with Crippen LogP contribution in [-0.4, -0.2) is 44.3 Å². The van der Waals surface area contributed by atoms with E-state index < -0.39 is 0 Å². The summed E-state index contributed by atoms with van der Waals surface area (Å²) in [4.78, 5) is 12.9. The first-order chi connectivity index (χ1) is 6.19. The number of rotatable bonds is 2. The van der Waals surface area contributed by atoms with Gasteiger partial charge in [-0.2, -0.15) is 0 Å². The Labute approximate surface area is 79.2 Å². The average Bonchev–Trinajstić information content (AvgIpc) is 2.64. The number of likely N-dealkylation sites (tertiary alicyclic amines) is 1. The predicted molar refractivity (Wildman–Crippen MR) is 50.6 cm³/mol. The van der Waals surface area contributed by atoms with Gasteiger partial charge in [0.15, 0.2) is 0 Å². The van der Waals surface area contributed by atoms with E-state index in [-0.39, 0.29) is 6.09 Å². The smallest absolute Gasteiger partial charge is 0.409 e. The molecule has 1 heterocycles. The van der Waals surface area contributed by atoms with Crippen molar-refractivity contribution in [2.75, 3.05) is 27.2 Å². The molecule has 2 unspecified atom stereocenters. The fourth-order valence-electron chi connectivity index (χ4n) is 1.73. The fourth-order valence-corrected chi connectivity index (χ4v) is 1.73. The minimum absolute atomic E-state index is 0.203. The highest BCUT2D eigenvalue weighted by Gasteiger charge is 2.29. The maximum Gasteiger partial charge on any atom is 0.409 e. The van der Waals surface area contributed by atoms with Crippen LogP contribution in [0, 0.1) is 5.92 Å². The quantitative estimate of drug-likeness (QED) is 0.689. The van der Waals surface area contributed by atoms with Crippen LogP contribution in [0.2, 0.25) is 0 Å². The second-order valence-corrected chi connectivity index (χ2v) is 3.54. The van der Waals surface area contributed by atoms with E-state index in [0.717, 1.165) is 19.5 Å². The molecule has 13 heavy (non-hydrogen) atoms. The van der Waals surface area contributed by atoms with E-state index in [1.165, 1.54) is 7.11 Å². The molecule has 0 bridgehead atoms. The Morgan fingerprint density at radius 3 is 2.92 bits per heavy atom. The van der Waals surface area contributed by atoms with Crippen molar-refractivity contribution in [2.45, 2.75) is 19.4 Å². The first-order valence-electron chi connectivity index (χ1n) is 4.69. The molecule has 1 rings (SSSR count). The van der Waals surface area contributed by atoms with Gasteiger partial charge in [0, 0.05) is 19.1 Å². The van der Waals surface area contributed by atoms with Crippen molar-refractivity contribution in [3.05, 3.63) is 0 Å². The first kappa shape index (κ1) is 10.3. The summed E-state index contributed by atoms with van der Waals surface area (Å²) in [5, 5.41) is 3.21. The number of methoxy groups -OCH3 is 1. The number of hydrogen-bond acceptors (Lipinski definition) is 3. The molecule has 1 fully saturated rings. The van der Waals surface area contributed by atoms with Gasteiger partial charge in [0.25, 0.3) is 0 Å². The maximum absolute atomic E-state index is 11.2. The van der Waals surface area contributed by atoms with E-state index in [1.807, 2.05) is 7.05 Å². The molecule has 1 N–H and O–H groups in total. The molecule has 0 aliphatic carbocycles. The van der Waals surface area contributed by atoms with Crippen LogP contribution in [0.4, 0.5) is 4.79 Å². The Balaban J connectivity index is 2.40. The van der Waals surface area contributed by atoms with Gasteiger partial charge in [0.05, 0.1) is 7.11 Å². The summed E-state index contributed by atoms with van der Waals surface area (Å²) in [7, 11) is 3.38. The van der Waals surface area contributed by atoms with Crippen LogP contribution in [0.3, 0.4) is 0 Å². The SMILES string of the molecule is CNC(C)C1CCN(C(=O)OC)C1. The number of amides is 1. The standard InChI is InChI=1S/C9H18N2O2/c1-7(10-2)8-4-5-11(6-8)9(12)13-3/h7-8,10H,4-6H2,1-3H3. The molecule has 0 saturated carbocycles. The van der Waals surface area contributed by atoms with Gasteiger partial charge in [-0.05, 0) is 26.3 Å². The van der Waals surface area contributed by atoms with Crippen molar-refractivity contribution in [3.8, 4) is 0 Å². The van der Waals surface area contributed by atoms with Gasteiger partial charge >= 0.3 is 6.09 Å². The fraction of sp³-hybridized carbons (Fsp3) is 0.889. The van der Waals surface area contributed by atoms with Crippen molar-refractivity contribution in [1.29, 1.82) is 0 Å². The zero-order valence-corrected chi connectivity index (χ0v) is 8.54. The Bertz CT molecular complexity index is 184. The van der Waals surface area contributed by atoms with Crippen molar-refractivity contribution < 1.29 is 9.53 Å². The highest BCUT2D eigenvalue weighted by atomic mass is 16.5. The number of hydrogen-bond donors (Lipinski definition) is 1. The molecule has 0 aromatic rings. The van der Waals surface area contributed by atoms with Gasteiger partial charge in [-0.25, -0.2) is 4.79 Å². The molecule has 1 aliphatic heterocycles. The van der Waals surface area contributed by atoms with Crippen molar-refractivity contribution in [2.24, 2.45) is 5.92 Å². The second-order valence-electron chi connectivity index (χ2n) is 3.54. The van der Waals surface area contributed by atoms with Gasteiger partial charge in [-0.3, -0.25) is 0 Å². The minimum Gasteiger partial charge on any atom is -0.453 e. The molecule has 0 radical (unpaired) electrons. The van der Waals surface area contributed by atoms with Crippen LogP contribution in [-0.2, 0) is 4.74 Å². The first-order valence-corrected chi connectivity index (χ1v) is 4.69. The number of carbonyl (C=O) groups is 1. The van der Waals surface area contributed by atoms with Crippen LogP contribution in [0.1, 0.15) is 13.3 Å². The van der Waals surface area contributed by atoms with E-state index in [9.17, 15) is 4.79 Å². The third kappa shape index (κ3) is 2.34. The lowest BCUT2D eigenvalue weighted by Gasteiger charge is -2.19. The summed E-state index contributed by atoms with van der Waals surface area (Å²) in [6.07, 6.45) is 0.864. The molecule has 1 amide bonds. The highest BCUT2D eigenvalue weighted by molar-refractivity contribution is 5.67. The van der Waals surface area contributed by atoms with Crippen molar-refractivity contribution >= 4 is 6.09 Å². The van der Waals surface area contributed by atoms with Gasteiger partial charge in [-0.1, -0.05) is 0 Å². The van der Waals surface area contributed by atoms with Crippen molar-refractivity contribution in [3.63, 3.8) is 0 Å². The number of carbonyl (C=O) groups excluding carboxylic acids is 1. The van der Waals surface area contributed by atoms with Crippen LogP contribution in [0.15, 0.2) is 0 Å². The summed E-state index contributed by atoms with van der Waals surface area (Å²) in [5.41, 5.74) is 0. The topological polar surface area (TPSA) is 41.6 Å². The van der Waals surface area contributed by atoms with Crippen LogP contribution in [0.25, 0.3) is 0 Å². The predicted octanol–water partition coefficient (Wildman–Crippen LogP) is 0.683. The Morgan fingerprint density at radius 1 is 1.69 bits per heavy atom. The minimum atomic E-state index is -0.203. The number of nitrogens with zero attached hydrogens (tertiary/aromatic N) is 1. The third-order valence-electron chi connectivity index (χ3n) is 2.82. The average molecular weight is 186 g/mol. The lowest BCUT2D eigenvalue weighted by Crippen LogP contribution is -2.34. The summed E-state index contributed by atoms with van der Waals surface area (Å²) in [6.45, 7) is 3.78. The lowest BCUT2D eigenvalue weighted by atomic mass is 10.0. The largest absolute Gasteiger partial charge is 0.453 e. The lowest BCUT2D eigenvalue weighted by molar-refractivity contribution is 0.131. The van der Waals surface area contributed by atoms with Crippen LogP contribution < -0.4 is 5.32 Å². The maximum atomic E-state index is 11.2. The third-order valence-corrected chi connectivity index (χ3v) is 2.82. The molecule has 1 saturated heterocycles. The molecule has 76 valence electrons. The van der Waals surface area contributed by atoms with E-state index in [4.69, 9.17) is 0 Å². The Morgan fingerprint density at radius 2 is 2.38 bits per heavy atom. The molecule has 4 heteroatoms.